The summed E-state index contributed by atoms with van der Waals surface area (Å²) in [5.74, 6) is -0.320. The third-order valence-electron chi connectivity index (χ3n) is 7.28. The van der Waals surface area contributed by atoms with E-state index in [2.05, 4.69) is 4.98 Å². The molecule has 0 unspecified atom stereocenters. The van der Waals surface area contributed by atoms with Crippen LogP contribution in [0.2, 0.25) is 0 Å². The maximum Gasteiger partial charge on any atom is 0.422 e. The van der Waals surface area contributed by atoms with Gasteiger partial charge in [0.05, 0.1) is 23.4 Å². The van der Waals surface area contributed by atoms with Crippen molar-refractivity contribution < 1.29 is 32.9 Å². The Morgan fingerprint density at radius 3 is 2.32 bits per heavy atom. The Morgan fingerprint density at radius 2 is 1.74 bits per heavy atom. The molecule has 1 aliphatic carbocycles. The molecule has 2 aromatic carbocycles. The molecule has 2 heterocycles. The smallest absolute Gasteiger partial charge is 0.422 e. The van der Waals surface area contributed by atoms with E-state index in [9.17, 15) is 28.2 Å². The van der Waals surface area contributed by atoms with Crippen LogP contribution in [-0.2, 0) is 17.7 Å². The molecule has 0 atom stereocenters. The zero-order valence-electron chi connectivity index (χ0n) is 21.4. The van der Waals surface area contributed by atoms with E-state index >= 15 is 0 Å². The number of aryl methyl sites for hydroxylation is 1. The second kappa shape index (κ2) is 9.10. The molecule has 2 N–H and O–H groups in total. The number of aromatic nitrogens is 1. The van der Waals surface area contributed by atoms with Crippen LogP contribution in [-0.4, -0.2) is 33.9 Å². The summed E-state index contributed by atoms with van der Waals surface area (Å²) in [7, 11) is 0. The van der Waals surface area contributed by atoms with Crippen molar-refractivity contribution in [1.29, 1.82) is 0 Å². The number of fused-ring (bicyclic) bond motifs is 1. The van der Waals surface area contributed by atoms with Crippen molar-refractivity contribution in [2.45, 2.75) is 64.0 Å². The Labute approximate surface area is 218 Å². The molecule has 1 saturated carbocycles. The topological polar surface area (TPSA) is 82.9 Å². The number of ether oxygens (including phenoxy) is 1. The fraction of sp³-hybridized carbons (Fsp3) is 0.379. The van der Waals surface area contributed by atoms with Gasteiger partial charge in [-0.1, -0.05) is 18.2 Å². The van der Waals surface area contributed by atoms with Gasteiger partial charge in [-0.25, -0.2) is 0 Å². The van der Waals surface area contributed by atoms with Crippen molar-refractivity contribution in [3.8, 4) is 17.0 Å². The molecule has 0 spiro atoms. The first-order valence-electron chi connectivity index (χ1n) is 12.5. The first-order valence-corrected chi connectivity index (χ1v) is 12.5. The van der Waals surface area contributed by atoms with E-state index in [4.69, 9.17) is 4.74 Å². The normalized spacial score (nSPS) is 16.8. The van der Waals surface area contributed by atoms with Crippen molar-refractivity contribution in [2.24, 2.45) is 0 Å². The molecule has 200 valence electrons. The number of benzene rings is 2. The highest BCUT2D eigenvalue weighted by Gasteiger charge is 2.37. The summed E-state index contributed by atoms with van der Waals surface area (Å²) < 4.78 is 44.4. The Kier molecular flexibility index (Phi) is 6.27. The van der Waals surface area contributed by atoms with Crippen LogP contribution in [0, 0.1) is 6.92 Å². The molecular weight excluding hydrogens is 497 g/mol. The third-order valence-corrected chi connectivity index (χ3v) is 7.28. The summed E-state index contributed by atoms with van der Waals surface area (Å²) in [5, 5.41) is 21.1. The van der Waals surface area contributed by atoms with Gasteiger partial charge in [0.15, 0.2) is 6.61 Å². The molecule has 5 rings (SSSR count). The lowest BCUT2D eigenvalue weighted by molar-refractivity contribution is -0.153. The van der Waals surface area contributed by atoms with E-state index in [1.54, 1.807) is 42.2 Å². The van der Waals surface area contributed by atoms with Gasteiger partial charge in [-0.2, -0.15) is 13.2 Å². The summed E-state index contributed by atoms with van der Waals surface area (Å²) in [6, 6.07) is 13.5. The molecule has 1 aliphatic heterocycles. The van der Waals surface area contributed by atoms with E-state index in [0.29, 0.717) is 52.2 Å². The summed E-state index contributed by atoms with van der Waals surface area (Å²) >= 11 is 0. The number of carbonyl (C=O) groups excluding carboxylic acids is 1. The highest BCUT2D eigenvalue weighted by atomic mass is 19.4. The molecule has 0 bridgehead atoms. The van der Waals surface area contributed by atoms with Crippen LogP contribution in [0.4, 0.5) is 18.9 Å². The first-order chi connectivity index (χ1) is 17.7. The maximum absolute atomic E-state index is 13.4. The summed E-state index contributed by atoms with van der Waals surface area (Å²) in [4.78, 5) is 19.6. The average Bonchev–Trinajstić information content (AvgIpc) is 3.16. The maximum atomic E-state index is 13.4. The van der Waals surface area contributed by atoms with Crippen LogP contribution < -0.4 is 9.64 Å². The van der Waals surface area contributed by atoms with Crippen molar-refractivity contribution in [3.63, 3.8) is 0 Å². The van der Waals surface area contributed by atoms with Crippen molar-refractivity contribution >= 4 is 11.6 Å². The molecular formula is C29H29F3N2O4. The largest absolute Gasteiger partial charge is 0.483 e. The SMILES string of the molecule is Cc1cc2c(c(-c3ccc(C(C)(C)O)cc3OCC(F)(F)F)n1)CN(c1ccc(C3(O)CCC3)cc1)C2=O. The number of hydrogen-bond acceptors (Lipinski definition) is 5. The van der Waals surface area contributed by atoms with Gasteiger partial charge in [-0.3, -0.25) is 9.78 Å². The first kappa shape index (κ1) is 26.2. The van der Waals surface area contributed by atoms with Crippen LogP contribution in [0.5, 0.6) is 5.75 Å². The minimum atomic E-state index is -4.56. The number of amides is 1. The zero-order chi connectivity index (χ0) is 27.5. The standard InChI is InChI=1S/C29H29F3N2O4/c1-17-13-22-23(15-34(26(22)35)20-8-5-18(6-9-20)28(37)11-4-12-28)25(33-17)21-10-7-19(27(2,3)36)14-24(21)38-16-29(30,31)32/h5-10,13-14,36-37H,4,11-12,15-16H2,1-3H3. The number of pyridine rings is 1. The molecule has 1 fully saturated rings. The monoisotopic (exact) mass is 526 g/mol. The lowest BCUT2D eigenvalue weighted by Crippen LogP contribution is -2.33. The quantitative estimate of drug-likeness (QED) is 0.427. The van der Waals surface area contributed by atoms with E-state index in [1.807, 2.05) is 12.1 Å². The Bertz CT molecular complexity index is 1390. The molecule has 3 aromatic rings. The molecule has 0 saturated heterocycles. The van der Waals surface area contributed by atoms with Crippen LogP contribution in [0.3, 0.4) is 0 Å². The minimum absolute atomic E-state index is 0.0776. The number of hydrogen-bond donors (Lipinski definition) is 2. The van der Waals surface area contributed by atoms with E-state index in [1.165, 1.54) is 19.9 Å². The minimum Gasteiger partial charge on any atom is -0.483 e. The molecule has 6 nitrogen and oxygen atoms in total. The summed E-state index contributed by atoms with van der Waals surface area (Å²) in [5.41, 5.74) is 1.92. The molecule has 38 heavy (non-hydrogen) atoms. The Morgan fingerprint density at radius 1 is 1.05 bits per heavy atom. The molecule has 2 aliphatic rings. The second-order valence-electron chi connectivity index (χ2n) is 10.6. The highest BCUT2D eigenvalue weighted by Crippen LogP contribution is 2.43. The number of halogens is 3. The number of aliphatic hydroxyl groups is 2. The van der Waals surface area contributed by atoms with Crippen molar-refractivity contribution in [3.05, 3.63) is 76.5 Å². The van der Waals surface area contributed by atoms with E-state index < -0.39 is 24.0 Å². The van der Waals surface area contributed by atoms with Gasteiger partial charge in [-0.05, 0) is 81.5 Å². The molecule has 1 aromatic heterocycles. The summed E-state index contributed by atoms with van der Waals surface area (Å²) in [6.45, 7) is 3.45. The van der Waals surface area contributed by atoms with Gasteiger partial charge < -0.3 is 19.8 Å². The lowest BCUT2D eigenvalue weighted by Gasteiger charge is -2.37. The Hall–Kier alpha value is -3.43. The number of nitrogens with zero attached hydrogens (tertiary/aromatic N) is 2. The molecule has 1 amide bonds. The van der Waals surface area contributed by atoms with Gasteiger partial charge in [0, 0.05) is 28.1 Å². The number of alkyl halides is 3. The fourth-order valence-corrected chi connectivity index (χ4v) is 4.99. The number of carbonyl (C=O) groups is 1. The van der Waals surface area contributed by atoms with Gasteiger partial charge >= 0.3 is 6.18 Å². The fourth-order valence-electron chi connectivity index (χ4n) is 4.99. The average molecular weight is 527 g/mol. The lowest BCUT2D eigenvalue weighted by atomic mass is 9.75. The number of rotatable bonds is 6. The zero-order valence-corrected chi connectivity index (χ0v) is 21.4. The van der Waals surface area contributed by atoms with E-state index in [-0.39, 0.29) is 18.2 Å². The van der Waals surface area contributed by atoms with Gasteiger partial charge in [0.25, 0.3) is 5.91 Å². The van der Waals surface area contributed by atoms with Crippen LogP contribution in [0.1, 0.15) is 65.9 Å². The summed E-state index contributed by atoms with van der Waals surface area (Å²) in [6.07, 6.45) is -2.17. The third kappa shape index (κ3) is 4.88. The predicted molar refractivity (Wildman–Crippen MR) is 136 cm³/mol. The predicted octanol–water partition coefficient (Wildman–Crippen LogP) is 5.76. The molecule has 9 heteroatoms. The van der Waals surface area contributed by atoms with Crippen molar-refractivity contribution in [2.75, 3.05) is 11.5 Å². The van der Waals surface area contributed by atoms with E-state index in [0.717, 1.165) is 12.0 Å². The van der Waals surface area contributed by atoms with Gasteiger partial charge in [-0.15, -0.1) is 0 Å². The van der Waals surface area contributed by atoms with Crippen LogP contribution in [0.15, 0.2) is 48.5 Å². The van der Waals surface area contributed by atoms with Crippen LogP contribution >= 0.6 is 0 Å². The number of anilines is 1. The Balaban J connectivity index is 1.54. The van der Waals surface area contributed by atoms with Gasteiger partial charge in [0.1, 0.15) is 5.75 Å². The van der Waals surface area contributed by atoms with Gasteiger partial charge in [0.2, 0.25) is 0 Å². The highest BCUT2D eigenvalue weighted by molar-refractivity contribution is 6.11. The van der Waals surface area contributed by atoms with Crippen LogP contribution in [0.25, 0.3) is 11.3 Å². The second-order valence-corrected chi connectivity index (χ2v) is 10.6. The molecule has 0 radical (unpaired) electrons. The van der Waals surface area contributed by atoms with Crippen molar-refractivity contribution in [1.82, 2.24) is 4.98 Å².